The fraction of sp³-hybridized carbons (Fsp3) is 0.650. The van der Waals surface area contributed by atoms with E-state index >= 15 is 0 Å². The van der Waals surface area contributed by atoms with Crippen molar-refractivity contribution in [3.63, 3.8) is 0 Å². The van der Waals surface area contributed by atoms with Crippen molar-refractivity contribution in [3.8, 4) is 0 Å². The van der Waals surface area contributed by atoms with E-state index in [1.54, 1.807) is 19.2 Å². The van der Waals surface area contributed by atoms with Gasteiger partial charge in [0.05, 0.1) is 0 Å². The van der Waals surface area contributed by atoms with Crippen LogP contribution in [0.15, 0.2) is 29.3 Å². The lowest BCUT2D eigenvalue weighted by Gasteiger charge is -2.34. The van der Waals surface area contributed by atoms with Crippen LogP contribution in [-0.4, -0.2) is 56.0 Å². The molecule has 0 aliphatic carbocycles. The van der Waals surface area contributed by atoms with E-state index in [1.165, 1.54) is 32.0 Å². The number of rotatable bonds is 6. The molecule has 0 radical (unpaired) electrons. The van der Waals surface area contributed by atoms with Crippen LogP contribution in [0.1, 0.15) is 32.3 Å². The Hall–Kier alpha value is -0.890. The number of nitrogens with one attached hydrogen (secondary N) is 1. The minimum absolute atomic E-state index is 0. The Morgan fingerprint density at radius 2 is 2.19 bits per heavy atom. The third-order valence-electron chi connectivity index (χ3n) is 4.66. The van der Waals surface area contributed by atoms with Crippen molar-refractivity contribution in [2.24, 2.45) is 16.8 Å². The van der Waals surface area contributed by atoms with Crippen LogP contribution in [0.2, 0.25) is 0 Å². The third-order valence-corrected chi connectivity index (χ3v) is 4.66. The Kier molecular flexibility index (Phi) is 10.5. The smallest absolute Gasteiger partial charge is 0.193 e. The molecule has 1 saturated heterocycles. The van der Waals surface area contributed by atoms with Crippen molar-refractivity contribution in [1.82, 2.24) is 15.1 Å². The molecule has 0 aromatic heterocycles. The first-order valence-corrected chi connectivity index (χ1v) is 9.36. The van der Waals surface area contributed by atoms with Gasteiger partial charge in [-0.3, -0.25) is 4.99 Å². The highest BCUT2D eigenvalue weighted by molar-refractivity contribution is 14.0. The molecule has 1 heterocycles. The third kappa shape index (κ3) is 7.78. The maximum Gasteiger partial charge on any atom is 0.193 e. The lowest BCUT2D eigenvalue weighted by Crippen LogP contribution is -2.45. The van der Waals surface area contributed by atoms with Crippen LogP contribution in [0.4, 0.5) is 4.39 Å². The van der Waals surface area contributed by atoms with Crippen molar-refractivity contribution >= 4 is 29.9 Å². The molecule has 0 amide bonds. The van der Waals surface area contributed by atoms with E-state index in [1.807, 2.05) is 18.0 Å². The second-order valence-electron chi connectivity index (χ2n) is 7.58. The average Bonchev–Trinajstić information content (AvgIpc) is 2.55. The average molecular weight is 476 g/mol. The fourth-order valence-electron chi connectivity index (χ4n) is 3.60. The van der Waals surface area contributed by atoms with Gasteiger partial charge in [0.2, 0.25) is 0 Å². The zero-order valence-electron chi connectivity index (χ0n) is 16.5. The van der Waals surface area contributed by atoms with Crippen molar-refractivity contribution in [2.45, 2.75) is 33.2 Å². The van der Waals surface area contributed by atoms with Crippen LogP contribution >= 0.6 is 24.0 Å². The maximum atomic E-state index is 13.3. The van der Waals surface area contributed by atoms with E-state index in [0.29, 0.717) is 12.5 Å². The van der Waals surface area contributed by atoms with E-state index in [9.17, 15) is 4.39 Å². The summed E-state index contributed by atoms with van der Waals surface area (Å²) in [6.07, 6.45) is 2.54. The molecule has 148 valence electrons. The number of aliphatic imine (C=N–C) groups is 1. The number of likely N-dealkylation sites (tertiary alicyclic amines) is 1. The Labute approximate surface area is 175 Å². The molecule has 4 nitrogen and oxygen atoms in total. The minimum atomic E-state index is -0.193. The number of halogens is 2. The molecule has 2 rings (SSSR count). The zero-order valence-corrected chi connectivity index (χ0v) is 18.9. The lowest BCUT2D eigenvalue weighted by molar-refractivity contribution is 0.159. The van der Waals surface area contributed by atoms with Crippen LogP contribution in [0.3, 0.4) is 0 Å². The van der Waals surface area contributed by atoms with Crippen LogP contribution < -0.4 is 5.32 Å². The van der Waals surface area contributed by atoms with Gasteiger partial charge in [0.25, 0.3) is 0 Å². The zero-order chi connectivity index (χ0) is 18.2. The SMILES string of the molecule is CN=C(NCC1CCCN(CC(C)C)C1)N(C)Cc1cccc(F)c1.I. The van der Waals surface area contributed by atoms with Gasteiger partial charge < -0.3 is 15.1 Å². The van der Waals surface area contributed by atoms with Gasteiger partial charge in [-0.2, -0.15) is 0 Å². The summed E-state index contributed by atoms with van der Waals surface area (Å²) >= 11 is 0. The molecule has 1 atom stereocenters. The summed E-state index contributed by atoms with van der Waals surface area (Å²) in [7, 11) is 3.79. The number of nitrogens with zero attached hydrogens (tertiary/aromatic N) is 3. The fourth-order valence-corrected chi connectivity index (χ4v) is 3.60. The number of piperidine rings is 1. The molecule has 0 bridgehead atoms. The molecular weight excluding hydrogens is 442 g/mol. The van der Waals surface area contributed by atoms with Gasteiger partial charge in [0.15, 0.2) is 5.96 Å². The first kappa shape index (κ1) is 23.1. The Morgan fingerprint density at radius 3 is 2.85 bits per heavy atom. The molecule has 1 aromatic rings. The highest BCUT2D eigenvalue weighted by Gasteiger charge is 2.21. The molecule has 0 spiro atoms. The number of hydrogen-bond donors (Lipinski definition) is 1. The molecule has 1 N–H and O–H groups in total. The van der Waals surface area contributed by atoms with Crippen molar-refractivity contribution in [1.29, 1.82) is 0 Å². The van der Waals surface area contributed by atoms with E-state index in [-0.39, 0.29) is 29.8 Å². The molecule has 26 heavy (non-hydrogen) atoms. The largest absolute Gasteiger partial charge is 0.356 e. The van der Waals surface area contributed by atoms with E-state index < -0.39 is 0 Å². The molecule has 1 fully saturated rings. The second kappa shape index (κ2) is 11.7. The van der Waals surface area contributed by atoms with E-state index in [4.69, 9.17) is 0 Å². The van der Waals surface area contributed by atoms with Gasteiger partial charge in [-0.15, -0.1) is 24.0 Å². The van der Waals surface area contributed by atoms with Gasteiger partial charge in [0.1, 0.15) is 5.82 Å². The Balaban J connectivity index is 0.00000338. The van der Waals surface area contributed by atoms with Crippen LogP contribution in [0.5, 0.6) is 0 Å². The summed E-state index contributed by atoms with van der Waals surface area (Å²) < 4.78 is 13.3. The highest BCUT2D eigenvalue weighted by Crippen LogP contribution is 2.17. The molecule has 1 aliphatic heterocycles. The highest BCUT2D eigenvalue weighted by atomic mass is 127. The first-order chi connectivity index (χ1) is 12.0. The van der Waals surface area contributed by atoms with Crippen LogP contribution in [0.25, 0.3) is 0 Å². The van der Waals surface area contributed by atoms with Crippen LogP contribution in [-0.2, 0) is 6.54 Å². The van der Waals surface area contributed by atoms with Gasteiger partial charge in [0, 0.05) is 40.3 Å². The molecule has 1 aromatic carbocycles. The van der Waals surface area contributed by atoms with Gasteiger partial charge in [-0.25, -0.2) is 4.39 Å². The van der Waals surface area contributed by atoms with Crippen LogP contribution in [0, 0.1) is 17.7 Å². The predicted octanol–water partition coefficient (Wildman–Crippen LogP) is 3.82. The summed E-state index contributed by atoms with van der Waals surface area (Å²) in [4.78, 5) is 9.01. The van der Waals surface area contributed by atoms with E-state index in [2.05, 4.69) is 29.1 Å². The molecule has 6 heteroatoms. The number of benzene rings is 1. The van der Waals surface area contributed by atoms with Crippen molar-refractivity contribution in [3.05, 3.63) is 35.6 Å². The Bertz CT molecular complexity index is 564. The summed E-state index contributed by atoms with van der Waals surface area (Å²) in [6, 6.07) is 6.75. The summed E-state index contributed by atoms with van der Waals surface area (Å²) in [5.41, 5.74) is 0.950. The molecule has 0 saturated carbocycles. The normalized spacial score (nSPS) is 18.5. The van der Waals surface area contributed by atoms with E-state index in [0.717, 1.165) is 30.5 Å². The van der Waals surface area contributed by atoms with Gasteiger partial charge >= 0.3 is 0 Å². The molecule has 1 aliphatic rings. The summed E-state index contributed by atoms with van der Waals surface area (Å²) in [5, 5.41) is 3.50. The van der Waals surface area contributed by atoms with Gasteiger partial charge in [-0.05, 0) is 48.9 Å². The molecule has 1 unspecified atom stereocenters. The second-order valence-corrected chi connectivity index (χ2v) is 7.58. The Morgan fingerprint density at radius 1 is 1.42 bits per heavy atom. The lowest BCUT2D eigenvalue weighted by atomic mass is 9.97. The standard InChI is InChI=1S/C20H33FN4.HI/c1-16(2)13-25-10-6-8-18(15-25)12-23-20(22-3)24(4)14-17-7-5-9-19(21)11-17;/h5,7,9,11,16,18H,6,8,10,12-15H2,1-4H3,(H,22,23);1H. The summed E-state index contributed by atoms with van der Waals surface area (Å²) in [6.45, 7) is 9.72. The topological polar surface area (TPSA) is 30.9 Å². The van der Waals surface area contributed by atoms with Crippen molar-refractivity contribution in [2.75, 3.05) is 40.3 Å². The monoisotopic (exact) mass is 476 g/mol. The maximum absolute atomic E-state index is 13.3. The minimum Gasteiger partial charge on any atom is -0.356 e. The predicted molar refractivity (Wildman–Crippen MR) is 119 cm³/mol. The number of hydrogen-bond acceptors (Lipinski definition) is 2. The summed E-state index contributed by atoms with van der Waals surface area (Å²) in [5.74, 6) is 2.05. The first-order valence-electron chi connectivity index (χ1n) is 9.36. The van der Waals surface area contributed by atoms with Crippen molar-refractivity contribution < 1.29 is 4.39 Å². The quantitative estimate of drug-likeness (QED) is 0.385. The number of guanidine groups is 1. The van der Waals surface area contributed by atoms with Gasteiger partial charge in [-0.1, -0.05) is 26.0 Å². The molecular formula is C20H34FIN4.